The van der Waals surface area contributed by atoms with E-state index in [-0.39, 0.29) is 11.4 Å². The molecule has 3 aromatic carbocycles. The summed E-state index contributed by atoms with van der Waals surface area (Å²) >= 11 is 1.52. The van der Waals surface area contributed by atoms with E-state index in [1.54, 1.807) is 72.8 Å². The molecule has 1 N–H and O–H groups in total. The molecule has 0 heterocycles. The van der Waals surface area contributed by atoms with E-state index in [4.69, 9.17) is 4.74 Å². The van der Waals surface area contributed by atoms with Gasteiger partial charge in [-0.05, 0) is 73.8 Å². The van der Waals surface area contributed by atoms with Gasteiger partial charge >= 0.3 is 0 Å². The minimum absolute atomic E-state index is 0.117. The smallest absolute Gasteiger partial charge is 0.264 e. The summed E-state index contributed by atoms with van der Waals surface area (Å²) in [6, 6.07) is 22.2. The molecule has 162 valence electrons. The van der Waals surface area contributed by atoms with Gasteiger partial charge in [0.1, 0.15) is 12.3 Å². The van der Waals surface area contributed by atoms with E-state index in [2.05, 4.69) is 5.32 Å². The van der Waals surface area contributed by atoms with Crippen molar-refractivity contribution in [3.63, 3.8) is 0 Å². The maximum Gasteiger partial charge on any atom is 0.264 e. The van der Waals surface area contributed by atoms with Gasteiger partial charge in [-0.2, -0.15) is 0 Å². The minimum atomic E-state index is -3.97. The Balaban J connectivity index is 1.93. The molecule has 0 saturated heterocycles. The summed E-state index contributed by atoms with van der Waals surface area (Å²) in [5.41, 5.74) is 0.974. The van der Waals surface area contributed by atoms with E-state index in [0.717, 1.165) is 9.20 Å². The van der Waals surface area contributed by atoms with Gasteiger partial charge in [0.15, 0.2) is 0 Å². The van der Waals surface area contributed by atoms with Crippen LogP contribution in [0.2, 0.25) is 0 Å². The zero-order chi connectivity index (χ0) is 22.3. The Labute approximate surface area is 187 Å². The summed E-state index contributed by atoms with van der Waals surface area (Å²) in [6.07, 6.45) is 1.92. The minimum Gasteiger partial charge on any atom is -0.494 e. The van der Waals surface area contributed by atoms with Crippen LogP contribution in [-0.2, 0) is 14.8 Å². The molecule has 0 aliphatic heterocycles. The van der Waals surface area contributed by atoms with Crippen LogP contribution in [0.5, 0.6) is 5.75 Å². The lowest BCUT2D eigenvalue weighted by Gasteiger charge is -2.24. The molecule has 3 aromatic rings. The summed E-state index contributed by atoms with van der Waals surface area (Å²) in [7, 11) is -3.97. The van der Waals surface area contributed by atoms with Gasteiger partial charge in [0.25, 0.3) is 10.0 Å². The van der Waals surface area contributed by atoms with Crippen molar-refractivity contribution in [2.45, 2.75) is 16.7 Å². The van der Waals surface area contributed by atoms with E-state index in [0.29, 0.717) is 23.7 Å². The van der Waals surface area contributed by atoms with Crippen molar-refractivity contribution in [2.75, 3.05) is 29.0 Å². The van der Waals surface area contributed by atoms with Crippen molar-refractivity contribution in [2.24, 2.45) is 0 Å². The van der Waals surface area contributed by atoms with Crippen LogP contribution in [0.15, 0.2) is 88.7 Å². The lowest BCUT2D eigenvalue weighted by molar-refractivity contribution is -0.114. The van der Waals surface area contributed by atoms with Gasteiger partial charge in [-0.1, -0.05) is 18.2 Å². The summed E-state index contributed by atoms with van der Waals surface area (Å²) in [5, 5.41) is 2.74. The molecule has 0 unspecified atom stereocenters. The highest BCUT2D eigenvalue weighted by Gasteiger charge is 2.27. The third-order valence-corrected chi connectivity index (χ3v) is 6.96. The van der Waals surface area contributed by atoms with E-state index < -0.39 is 15.9 Å². The summed E-state index contributed by atoms with van der Waals surface area (Å²) < 4.78 is 33.4. The molecular formula is C23H24N2O4S2. The number of thioether (sulfide) groups is 1. The fourth-order valence-corrected chi connectivity index (χ4v) is 4.75. The fraction of sp³-hybridized carbons (Fsp3) is 0.174. The van der Waals surface area contributed by atoms with Crippen LogP contribution in [-0.4, -0.2) is 33.7 Å². The first-order valence-electron chi connectivity index (χ1n) is 9.68. The average Bonchev–Trinajstić information content (AvgIpc) is 2.79. The van der Waals surface area contributed by atoms with Gasteiger partial charge in [0.2, 0.25) is 5.91 Å². The normalized spacial score (nSPS) is 11.0. The largest absolute Gasteiger partial charge is 0.494 e. The van der Waals surface area contributed by atoms with Gasteiger partial charge in [-0.3, -0.25) is 9.10 Å². The number of nitrogens with zero attached hydrogens (tertiary/aromatic N) is 1. The first-order valence-corrected chi connectivity index (χ1v) is 12.3. The van der Waals surface area contributed by atoms with E-state index in [1.807, 2.05) is 19.2 Å². The molecule has 0 aliphatic rings. The second-order valence-electron chi connectivity index (χ2n) is 6.53. The Morgan fingerprint density at radius 1 is 0.968 bits per heavy atom. The molecule has 0 fully saturated rings. The second kappa shape index (κ2) is 10.4. The number of sulfonamides is 1. The molecule has 0 bridgehead atoms. The molecule has 8 heteroatoms. The molecule has 0 aliphatic carbocycles. The maximum atomic E-state index is 13.4. The van der Waals surface area contributed by atoms with E-state index >= 15 is 0 Å². The van der Waals surface area contributed by atoms with E-state index in [1.165, 1.54) is 11.8 Å². The maximum absolute atomic E-state index is 13.4. The molecule has 1 amide bonds. The molecule has 0 atom stereocenters. The highest BCUT2D eigenvalue weighted by Crippen LogP contribution is 2.27. The van der Waals surface area contributed by atoms with Gasteiger partial charge in [0.05, 0.1) is 17.2 Å². The Hall–Kier alpha value is -2.97. The summed E-state index contributed by atoms with van der Waals surface area (Å²) in [6.45, 7) is 2.01. The molecule has 6 nitrogen and oxygen atoms in total. The van der Waals surface area contributed by atoms with Crippen LogP contribution in [0.1, 0.15) is 6.92 Å². The molecule has 0 spiro atoms. The molecule has 3 rings (SSSR count). The van der Waals surface area contributed by atoms with E-state index in [9.17, 15) is 13.2 Å². The molecule has 31 heavy (non-hydrogen) atoms. The van der Waals surface area contributed by atoms with Crippen LogP contribution in [0.3, 0.4) is 0 Å². The van der Waals surface area contributed by atoms with Gasteiger partial charge in [0, 0.05) is 10.6 Å². The number of para-hydroxylation sites is 1. The lowest BCUT2D eigenvalue weighted by atomic mass is 10.3. The van der Waals surface area contributed by atoms with Crippen molar-refractivity contribution in [1.82, 2.24) is 0 Å². The predicted molar refractivity (Wildman–Crippen MR) is 125 cm³/mol. The number of nitrogens with one attached hydrogen (secondary N) is 1. The highest BCUT2D eigenvalue weighted by molar-refractivity contribution is 7.98. The topological polar surface area (TPSA) is 75.7 Å². The molecule has 0 saturated carbocycles. The fourth-order valence-electron chi connectivity index (χ4n) is 2.92. The van der Waals surface area contributed by atoms with Crippen molar-refractivity contribution in [3.05, 3.63) is 78.9 Å². The number of ether oxygens (including phenoxy) is 1. The average molecular weight is 457 g/mol. The first-order chi connectivity index (χ1) is 14.9. The van der Waals surface area contributed by atoms with Gasteiger partial charge in [-0.15, -0.1) is 11.8 Å². The van der Waals surface area contributed by atoms with Crippen molar-refractivity contribution < 1.29 is 17.9 Å². The lowest BCUT2D eigenvalue weighted by Crippen LogP contribution is -2.38. The number of hydrogen-bond acceptors (Lipinski definition) is 5. The zero-order valence-electron chi connectivity index (χ0n) is 17.3. The van der Waals surface area contributed by atoms with Crippen LogP contribution in [0, 0.1) is 0 Å². The van der Waals surface area contributed by atoms with Crippen molar-refractivity contribution >= 4 is 39.1 Å². The highest BCUT2D eigenvalue weighted by atomic mass is 32.2. The summed E-state index contributed by atoms with van der Waals surface area (Å²) in [5.74, 6) is 0.186. The number of carbonyl (C=O) groups is 1. The summed E-state index contributed by atoms with van der Waals surface area (Å²) in [4.78, 5) is 13.8. The Bertz CT molecular complexity index is 1100. The monoisotopic (exact) mass is 456 g/mol. The second-order valence-corrected chi connectivity index (χ2v) is 9.27. The Kier molecular flexibility index (Phi) is 7.59. The van der Waals surface area contributed by atoms with Crippen LogP contribution >= 0.6 is 11.8 Å². The number of amides is 1. The van der Waals surface area contributed by atoms with Crippen LogP contribution < -0.4 is 14.4 Å². The number of rotatable bonds is 9. The Morgan fingerprint density at radius 2 is 1.61 bits per heavy atom. The molecular weight excluding hydrogens is 432 g/mol. The van der Waals surface area contributed by atoms with Gasteiger partial charge < -0.3 is 10.1 Å². The first kappa shape index (κ1) is 22.7. The molecule has 0 radical (unpaired) electrons. The van der Waals surface area contributed by atoms with Crippen molar-refractivity contribution in [1.29, 1.82) is 0 Å². The number of hydrogen-bond donors (Lipinski definition) is 1. The van der Waals surface area contributed by atoms with Crippen molar-refractivity contribution in [3.8, 4) is 5.75 Å². The molecule has 0 aromatic heterocycles. The SMILES string of the molecule is CCOc1ccc(N(CC(=O)Nc2ccccc2)S(=O)(=O)c2ccc(SC)cc2)cc1. The zero-order valence-corrected chi connectivity index (χ0v) is 18.9. The third-order valence-electron chi connectivity index (χ3n) is 4.43. The Morgan fingerprint density at radius 3 is 2.19 bits per heavy atom. The predicted octanol–water partition coefficient (Wildman–Crippen LogP) is 4.64. The number of anilines is 2. The standard InChI is InChI=1S/C23H24N2O4S2/c1-3-29-20-11-9-19(10-12-20)25(17-23(26)24-18-7-5-4-6-8-18)31(27,28)22-15-13-21(30-2)14-16-22/h4-16H,3,17H2,1-2H3,(H,24,26). The third kappa shape index (κ3) is 5.80. The van der Waals surface area contributed by atoms with Gasteiger partial charge in [-0.25, -0.2) is 8.42 Å². The van der Waals surface area contributed by atoms with Crippen LogP contribution in [0.25, 0.3) is 0 Å². The number of carbonyl (C=O) groups excluding carboxylic acids is 1. The number of benzene rings is 3. The van der Waals surface area contributed by atoms with Crippen LogP contribution in [0.4, 0.5) is 11.4 Å². The quantitative estimate of drug-likeness (QED) is 0.475.